The van der Waals surface area contributed by atoms with E-state index in [9.17, 15) is 18.0 Å². The minimum absolute atomic E-state index is 0.853. The number of ether oxygens (including phenoxy) is 1. The summed E-state index contributed by atoms with van der Waals surface area (Å²) in [4.78, 5) is 11.5. The molecule has 3 rings (SSSR count). The van der Waals surface area contributed by atoms with Gasteiger partial charge >= 0.3 is 12.1 Å². The molecular weight excluding hydrogens is 317 g/mol. The molecule has 0 N–H and O–H groups in total. The van der Waals surface area contributed by atoms with E-state index in [2.05, 4.69) is 0 Å². The maximum atomic E-state index is 12.7. The smallest absolute Gasteiger partial charge is 0.452 e. The zero-order valence-corrected chi connectivity index (χ0v) is 13.6. The molecule has 0 radical (unpaired) electrons. The fourth-order valence-electron chi connectivity index (χ4n) is 3.49. The highest BCUT2D eigenvalue weighted by Gasteiger charge is 2.54. The molecule has 2 aromatic carbocycles. The summed E-state index contributed by atoms with van der Waals surface area (Å²) in [5.74, 6) is -2.17. The zero-order valence-electron chi connectivity index (χ0n) is 13.6. The van der Waals surface area contributed by atoms with Gasteiger partial charge in [-0.05, 0) is 43.0 Å². The van der Waals surface area contributed by atoms with E-state index in [0.29, 0.717) is 0 Å². The first-order valence-corrected chi connectivity index (χ1v) is 7.58. The van der Waals surface area contributed by atoms with E-state index in [4.69, 9.17) is 4.74 Å². The van der Waals surface area contributed by atoms with Gasteiger partial charge in [0.15, 0.2) is 0 Å². The summed E-state index contributed by atoms with van der Waals surface area (Å²) in [5, 5.41) is 0. The van der Waals surface area contributed by atoms with Crippen molar-refractivity contribution in [2.75, 3.05) is 0 Å². The highest BCUT2D eigenvalue weighted by Crippen LogP contribution is 2.54. The Hall–Kier alpha value is -2.30. The van der Waals surface area contributed by atoms with Crippen LogP contribution in [0.5, 0.6) is 0 Å². The monoisotopic (exact) mass is 334 g/mol. The van der Waals surface area contributed by atoms with Gasteiger partial charge in [0, 0.05) is 0 Å². The van der Waals surface area contributed by atoms with E-state index < -0.39 is 23.2 Å². The maximum Gasteiger partial charge on any atom is 0.490 e. The average molecular weight is 334 g/mol. The molecule has 0 unspecified atom stereocenters. The third-order valence-electron chi connectivity index (χ3n) is 5.01. The minimum Gasteiger partial charge on any atom is -0.452 e. The van der Waals surface area contributed by atoms with Crippen molar-refractivity contribution in [3.8, 4) is 11.1 Å². The molecule has 0 aliphatic heterocycles. The molecule has 126 valence electrons. The van der Waals surface area contributed by atoms with Crippen molar-refractivity contribution in [2.24, 2.45) is 0 Å². The maximum absolute atomic E-state index is 12.7. The van der Waals surface area contributed by atoms with Crippen molar-refractivity contribution in [1.82, 2.24) is 0 Å². The van der Waals surface area contributed by atoms with E-state index in [1.54, 1.807) is 0 Å². The Bertz CT molecular complexity index is 761. The number of rotatable bonds is 2. The number of esters is 1. The van der Waals surface area contributed by atoms with Gasteiger partial charge < -0.3 is 4.74 Å². The molecule has 2 nitrogen and oxygen atoms in total. The molecule has 0 aromatic heterocycles. The molecule has 0 saturated heterocycles. The van der Waals surface area contributed by atoms with Gasteiger partial charge in [0.05, 0.1) is 5.41 Å². The van der Waals surface area contributed by atoms with E-state index >= 15 is 0 Å². The molecule has 2 aromatic rings. The zero-order chi connectivity index (χ0) is 17.8. The van der Waals surface area contributed by atoms with Gasteiger partial charge in [0.1, 0.15) is 5.60 Å². The van der Waals surface area contributed by atoms with Gasteiger partial charge in [-0.15, -0.1) is 0 Å². The van der Waals surface area contributed by atoms with Crippen LogP contribution in [-0.2, 0) is 14.9 Å². The Kier molecular flexibility index (Phi) is 3.52. The van der Waals surface area contributed by atoms with Crippen LogP contribution < -0.4 is 0 Å². The second kappa shape index (κ2) is 5.10. The van der Waals surface area contributed by atoms with E-state index in [-0.39, 0.29) is 0 Å². The third-order valence-corrected chi connectivity index (χ3v) is 5.01. The normalized spacial score (nSPS) is 15.6. The van der Waals surface area contributed by atoms with Crippen molar-refractivity contribution in [3.63, 3.8) is 0 Å². The Morgan fingerprint density at radius 1 is 0.917 bits per heavy atom. The van der Waals surface area contributed by atoms with Crippen molar-refractivity contribution in [1.29, 1.82) is 0 Å². The predicted octanol–water partition coefficient (Wildman–Crippen LogP) is 4.86. The fraction of sp³-hybridized carbons (Fsp3) is 0.316. The number of hydrogen-bond acceptors (Lipinski definition) is 2. The van der Waals surface area contributed by atoms with Crippen LogP contribution in [0.2, 0.25) is 0 Å². The molecule has 0 amide bonds. The number of hydrogen-bond donors (Lipinski definition) is 0. The van der Waals surface area contributed by atoms with Crippen molar-refractivity contribution < 1.29 is 22.7 Å². The lowest BCUT2D eigenvalue weighted by atomic mass is 9.68. The van der Waals surface area contributed by atoms with Gasteiger partial charge in [-0.3, -0.25) is 0 Å². The molecular formula is C19H17F3O2. The molecule has 0 spiro atoms. The Labute approximate surface area is 138 Å². The van der Waals surface area contributed by atoms with Gasteiger partial charge in [-0.25, -0.2) is 4.79 Å². The Balaban J connectivity index is 2.17. The van der Waals surface area contributed by atoms with Crippen molar-refractivity contribution >= 4 is 5.97 Å². The quantitative estimate of drug-likeness (QED) is 0.733. The van der Waals surface area contributed by atoms with Crippen LogP contribution in [0.15, 0.2) is 48.5 Å². The van der Waals surface area contributed by atoms with Crippen molar-refractivity contribution in [3.05, 3.63) is 59.7 Å². The van der Waals surface area contributed by atoms with Crippen molar-refractivity contribution in [2.45, 2.75) is 38.0 Å². The molecule has 24 heavy (non-hydrogen) atoms. The van der Waals surface area contributed by atoms with E-state index in [0.717, 1.165) is 22.3 Å². The van der Waals surface area contributed by atoms with Crippen LogP contribution in [0.4, 0.5) is 13.2 Å². The average Bonchev–Trinajstić information content (AvgIpc) is 2.78. The highest BCUT2D eigenvalue weighted by atomic mass is 19.4. The molecule has 1 aliphatic rings. The highest BCUT2D eigenvalue weighted by molar-refractivity contribution is 5.82. The summed E-state index contributed by atoms with van der Waals surface area (Å²) in [6.45, 7) is 4.87. The molecule has 5 heteroatoms. The largest absolute Gasteiger partial charge is 0.490 e. The third kappa shape index (κ3) is 2.22. The predicted molar refractivity (Wildman–Crippen MR) is 84.6 cm³/mol. The van der Waals surface area contributed by atoms with Crippen LogP contribution in [0.1, 0.15) is 31.9 Å². The number of halogens is 3. The van der Waals surface area contributed by atoms with Crippen LogP contribution >= 0.6 is 0 Å². The lowest BCUT2D eigenvalue weighted by Crippen LogP contribution is -2.50. The minimum atomic E-state index is -5.02. The van der Waals surface area contributed by atoms with Crippen LogP contribution in [-0.4, -0.2) is 17.7 Å². The fourth-order valence-corrected chi connectivity index (χ4v) is 3.49. The number of carbonyl (C=O) groups excluding carboxylic acids is 1. The lowest BCUT2D eigenvalue weighted by Gasteiger charge is -2.42. The first-order chi connectivity index (χ1) is 11.1. The summed E-state index contributed by atoms with van der Waals surface area (Å²) in [7, 11) is 0. The molecule has 1 aliphatic carbocycles. The van der Waals surface area contributed by atoms with E-state index in [1.807, 2.05) is 55.5 Å². The molecule has 0 heterocycles. The molecule has 0 fully saturated rings. The van der Waals surface area contributed by atoms with Gasteiger partial charge in [-0.1, -0.05) is 48.5 Å². The topological polar surface area (TPSA) is 26.3 Å². The number of alkyl halides is 3. The summed E-state index contributed by atoms with van der Waals surface area (Å²) in [6, 6.07) is 15.1. The van der Waals surface area contributed by atoms with Gasteiger partial charge in [-0.2, -0.15) is 13.2 Å². The summed E-state index contributed by atoms with van der Waals surface area (Å²) >= 11 is 0. The summed E-state index contributed by atoms with van der Waals surface area (Å²) < 4.78 is 43.1. The van der Waals surface area contributed by atoms with Crippen LogP contribution in [0.25, 0.3) is 11.1 Å². The number of benzene rings is 2. The first kappa shape index (κ1) is 16.6. The lowest BCUT2D eigenvalue weighted by molar-refractivity contribution is -0.215. The number of carbonyl (C=O) groups is 1. The van der Waals surface area contributed by atoms with Gasteiger partial charge in [0.2, 0.25) is 0 Å². The number of fused-ring (bicyclic) bond motifs is 3. The first-order valence-electron chi connectivity index (χ1n) is 7.58. The summed E-state index contributed by atoms with van der Waals surface area (Å²) in [6.07, 6.45) is -5.02. The Morgan fingerprint density at radius 2 is 1.33 bits per heavy atom. The SMILES string of the molecule is CC(C)(OC(=O)C(F)(F)F)C1(C)c2ccccc2-c2ccccc21. The molecule has 0 atom stereocenters. The second-order valence-electron chi connectivity index (χ2n) is 6.61. The molecule has 0 bridgehead atoms. The van der Waals surface area contributed by atoms with Crippen LogP contribution in [0, 0.1) is 0 Å². The van der Waals surface area contributed by atoms with Crippen LogP contribution in [0.3, 0.4) is 0 Å². The Morgan fingerprint density at radius 3 is 1.75 bits per heavy atom. The van der Waals surface area contributed by atoms with E-state index in [1.165, 1.54) is 13.8 Å². The summed E-state index contributed by atoms with van der Waals surface area (Å²) in [5.41, 5.74) is 1.33. The van der Waals surface area contributed by atoms with Gasteiger partial charge in [0.25, 0.3) is 0 Å². The standard InChI is InChI=1S/C19H17F3O2/c1-17(2,24-16(23)19(20,21)22)18(3)14-10-6-4-8-12(14)13-9-5-7-11-15(13)18/h4-11H,1-3H3. The molecule has 0 saturated carbocycles. The second-order valence-corrected chi connectivity index (χ2v) is 6.61.